The average molecular weight is 186 g/mol. The molecule has 0 aromatic carbocycles. The number of carboxylic acid groups (broad SMARTS) is 1. The van der Waals surface area contributed by atoms with Crippen LogP contribution < -0.4 is 0 Å². The molecule has 1 N–H and O–H groups in total. The van der Waals surface area contributed by atoms with Crippen molar-refractivity contribution in [1.82, 2.24) is 0 Å². The van der Waals surface area contributed by atoms with Gasteiger partial charge in [0.25, 0.3) is 0 Å². The van der Waals surface area contributed by atoms with Crippen LogP contribution in [-0.2, 0) is 26.7 Å². The third-order valence-electron chi connectivity index (χ3n) is 0.877. The summed E-state index contributed by atoms with van der Waals surface area (Å²) in [6.45, 7) is 1.85. The van der Waals surface area contributed by atoms with E-state index in [2.05, 4.69) is 0 Å². The Balaban J connectivity index is 0. The quantitative estimate of drug-likeness (QED) is 0.522. The number of rotatable bonds is 4. The molecule has 0 saturated carbocycles. The van der Waals surface area contributed by atoms with Gasteiger partial charge in [-0.05, 0) is 6.42 Å². The van der Waals surface area contributed by atoms with E-state index in [0.717, 1.165) is 6.42 Å². The van der Waals surface area contributed by atoms with Crippen molar-refractivity contribution in [2.75, 3.05) is 0 Å². The molecule has 0 aliphatic rings. The number of hydrogen-bond donors (Lipinski definition) is 1. The van der Waals surface area contributed by atoms with Gasteiger partial charge in [-0.25, -0.2) is 0 Å². The molecule has 10 heavy (non-hydrogen) atoms. The standard InChI is InChI=1S/C6H10O3.Fe/c1-2-3-5(7)4-6(8)9;/h2-4H2,1H3,(H,8,9);. The van der Waals surface area contributed by atoms with Crippen LogP contribution in [0.2, 0.25) is 0 Å². The van der Waals surface area contributed by atoms with Crippen molar-refractivity contribution in [1.29, 1.82) is 0 Å². The van der Waals surface area contributed by atoms with Crippen LogP contribution in [0, 0.1) is 0 Å². The van der Waals surface area contributed by atoms with Crippen molar-refractivity contribution in [3.05, 3.63) is 0 Å². The minimum absolute atomic E-state index is 0. The number of carboxylic acids is 1. The Morgan fingerprint density at radius 1 is 1.40 bits per heavy atom. The van der Waals surface area contributed by atoms with E-state index < -0.39 is 5.97 Å². The van der Waals surface area contributed by atoms with E-state index in [1.54, 1.807) is 0 Å². The first-order valence-electron chi connectivity index (χ1n) is 2.90. The molecule has 3 nitrogen and oxygen atoms in total. The summed E-state index contributed by atoms with van der Waals surface area (Å²) >= 11 is 0. The summed E-state index contributed by atoms with van der Waals surface area (Å²) in [5.74, 6) is -1.22. The van der Waals surface area contributed by atoms with E-state index in [9.17, 15) is 9.59 Å². The predicted molar refractivity (Wildman–Crippen MR) is 32.2 cm³/mol. The normalized spacial score (nSPS) is 8.10. The van der Waals surface area contributed by atoms with Crippen LogP contribution >= 0.6 is 0 Å². The maximum atomic E-state index is 10.5. The van der Waals surface area contributed by atoms with Gasteiger partial charge < -0.3 is 5.11 Å². The van der Waals surface area contributed by atoms with Gasteiger partial charge in [0.05, 0.1) is 0 Å². The number of carbonyl (C=O) groups is 2. The minimum Gasteiger partial charge on any atom is -0.481 e. The van der Waals surface area contributed by atoms with E-state index in [-0.39, 0.29) is 29.3 Å². The number of Topliss-reactive ketones (excluding diaryl/α,β-unsaturated/α-hetero) is 1. The van der Waals surface area contributed by atoms with Gasteiger partial charge in [-0.15, -0.1) is 0 Å². The zero-order valence-electron chi connectivity index (χ0n) is 5.74. The van der Waals surface area contributed by atoms with Crippen LogP contribution in [0.25, 0.3) is 0 Å². The minimum atomic E-state index is -1.03. The van der Waals surface area contributed by atoms with Crippen molar-refractivity contribution < 1.29 is 31.8 Å². The van der Waals surface area contributed by atoms with Crippen LogP contribution in [0.5, 0.6) is 0 Å². The Morgan fingerprint density at radius 2 is 1.90 bits per heavy atom. The summed E-state index contributed by atoms with van der Waals surface area (Å²) in [6, 6.07) is 0. The van der Waals surface area contributed by atoms with Crippen LogP contribution in [0.15, 0.2) is 0 Å². The molecule has 0 aliphatic carbocycles. The molecular formula is C6H10FeO3. The van der Waals surface area contributed by atoms with Crippen LogP contribution in [0.3, 0.4) is 0 Å². The third-order valence-corrected chi connectivity index (χ3v) is 0.877. The van der Waals surface area contributed by atoms with Crippen LogP contribution in [0.4, 0.5) is 0 Å². The Bertz CT molecular complexity index is 122. The van der Waals surface area contributed by atoms with Gasteiger partial charge >= 0.3 is 5.97 Å². The van der Waals surface area contributed by atoms with Crippen molar-refractivity contribution in [3.63, 3.8) is 0 Å². The van der Waals surface area contributed by atoms with Crippen molar-refractivity contribution in [3.8, 4) is 0 Å². The molecule has 4 heteroatoms. The molecule has 0 fully saturated rings. The molecule has 0 spiro atoms. The van der Waals surface area contributed by atoms with Crippen molar-refractivity contribution in [2.45, 2.75) is 26.2 Å². The molecule has 0 rings (SSSR count). The first kappa shape index (κ1) is 12.3. The van der Waals surface area contributed by atoms with Gasteiger partial charge in [0.1, 0.15) is 12.2 Å². The fraction of sp³-hybridized carbons (Fsp3) is 0.667. The number of carbonyl (C=O) groups excluding carboxylic acids is 1. The van der Waals surface area contributed by atoms with E-state index in [0.29, 0.717) is 6.42 Å². The smallest absolute Gasteiger partial charge is 0.310 e. The van der Waals surface area contributed by atoms with E-state index in [1.807, 2.05) is 6.92 Å². The van der Waals surface area contributed by atoms with Gasteiger partial charge in [0.15, 0.2) is 0 Å². The van der Waals surface area contributed by atoms with Gasteiger partial charge in [0.2, 0.25) is 0 Å². The molecule has 0 radical (unpaired) electrons. The van der Waals surface area contributed by atoms with Gasteiger partial charge in [0, 0.05) is 23.5 Å². The van der Waals surface area contributed by atoms with Gasteiger partial charge in [-0.2, -0.15) is 0 Å². The Hall–Kier alpha value is -0.341. The maximum Gasteiger partial charge on any atom is 0.310 e. The van der Waals surface area contributed by atoms with E-state index in [4.69, 9.17) is 5.11 Å². The van der Waals surface area contributed by atoms with E-state index >= 15 is 0 Å². The number of hydrogen-bond acceptors (Lipinski definition) is 2. The second kappa shape index (κ2) is 6.77. The maximum absolute atomic E-state index is 10.5. The molecule has 0 aliphatic heterocycles. The molecular weight excluding hydrogens is 176 g/mol. The summed E-state index contributed by atoms with van der Waals surface area (Å²) < 4.78 is 0. The molecule has 0 unspecified atom stereocenters. The Kier molecular flexibility index (Phi) is 8.36. The molecule has 0 bridgehead atoms. The topological polar surface area (TPSA) is 54.4 Å². The predicted octanol–water partition coefficient (Wildman–Crippen LogP) is 0.828. The second-order valence-corrected chi connectivity index (χ2v) is 1.86. The summed E-state index contributed by atoms with van der Waals surface area (Å²) in [6.07, 6.45) is 0.784. The third kappa shape index (κ3) is 7.66. The molecule has 60 valence electrons. The largest absolute Gasteiger partial charge is 0.481 e. The molecule has 0 atom stereocenters. The van der Waals surface area contributed by atoms with E-state index in [1.165, 1.54) is 0 Å². The fourth-order valence-corrected chi connectivity index (χ4v) is 0.536. The molecule has 0 heterocycles. The van der Waals surface area contributed by atoms with Crippen molar-refractivity contribution in [2.24, 2.45) is 0 Å². The number of aliphatic carboxylic acids is 1. The second-order valence-electron chi connectivity index (χ2n) is 1.86. The van der Waals surface area contributed by atoms with Gasteiger partial charge in [-0.1, -0.05) is 6.92 Å². The fourth-order valence-electron chi connectivity index (χ4n) is 0.536. The van der Waals surface area contributed by atoms with Crippen LogP contribution in [0.1, 0.15) is 26.2 Å². The summed E-state index contributed by atoms with van der Waals surface area (Å²) in [5.41, 5.74) is 0. The number of ketones is 1. The molecule has 0 aromatic rings. The summed E-state index contributed by atoms with van der Waals surface area (Å²) in [5, 5.41) is 8.09. The van der Waals surface area contributed by atoms with Crippen LogP contribution in [-0.4, -0.2) is 16.9 Å². The monoisotopic (exact) mass is 186 g/mol. The first-order valence-corrected chi connectivity index (χ1v) is 2.90. The molecule has 0 aromatic heterocycles. The van der Waals surface area contributed by atoms with Gasteiger partial charge in [-0.3, -0.25) is 9.59 Å². The van der Waals surface area contributed by atoms with Crippen molar-refractivity contribution >= 4 is 11.8 Å². The molecule has 0 amide bonds. The average Bonchev–Trinajstić information content (AvgIpc) is 1.63. The summed E-state index contributed by atoms with van der Waals surface area (Å²) in [4.78, 5) is 20.3. The summed E-state index contributed by atoms with van der Waals surface area (Å²) in [7, 11) is 0. The Labute approximate surface area is 70.3 Å². The first-order chi connectivity index (χ1) is 4.16. The zero-order valence-corrected chi connectivity index (χ0v) is 6.84. The Morgan fingerprint density at radius 3 is 2.20 bits per heavy atom. The SMILES string of the molecule is CCCC(=O)CC(=O)O.[Fe]. The zero-order chi connectivity index (χ0) is 7.28. The molecule has 0 saturated heterocycles.